The van der Waals surface area contributed by atoms with Gasteiger partial charge in [-0.05, 0) is 38.4 Å². The number of aryl methyl sites for hydroxylation is 1. The number of nitrogens with zero attached hydrogens (tertiary/aromatic N) is 8. The van der Waals surface area contributed by atoms with Gasteiger partial charge in [-0.1, -0.05) is 0 Å². The van der Waals surface area contributed by atoms with Crippen LogP contribution in [0.25, 0.3) is 28.0 Å². The van der Waals surface area contributed by atoms with Crippen molar-refractivity contribution in [3.05, 3.63) is 48.7 Å². The Morgan fingerprint density at radius 2 is 1.77 bits per heavy atom. The van der Waals surface area contributed by atoms with E-state index < -0.39 is 0 Å². The van der Waals surface area contributed by atoms with Crippen molar-refractivity contribution in [3.63, 3.8) is 0 Å². The molecule has 0 atom stereocenters. The number of fused-ring (bicyclic) bond motifs is 1. The highest BCUT2D eigenvalue weighted by Crippen LogP contribution is 2.29. The van der Waals surface area contributed by atoms with Crippen LogP contribution < -0.4 is 10.6 Å². The van der Waals surface area contributed by atoms with Crippen LogP contribution >= 0.6 is 0 Å². The molecule has 1 fully saturated rings. The van der Waals surface area contributed by atoms with Gasteiger partial charge >= 0.3 is 0 Å². The Kier molecular flexibility index (Phi) is 5.91. The molecule has 158 valence electrons. The van der Waals surface area contributed by atoms with Crippen molar-refractivity contribution in [1.29, 1.82) is 5.26 Å². The van der Waals surface area contributed by atoms with Crippen molar-refractivity contribution in [2.75, 3.05) is 25.0 Å². The lowest BCUT2D eigenvalue weighted by Gasteiger charge is -2.27. The highest BCUT2D eigenvalue weighted by molar-refractivity contribution is 5.83. The largest absolute Gasteiger partial charge is 0.357 e. The first kappa shape index (κ1) is 20.5. The molecule has 1 aliphatic rings. The topological polar surface area (TPSA) is 114 Å². The summed E-state index contributed by atoms with van der Waals surface area (Å²) in [7, 11) is 3.37. The SMILES string of the molecule is CN.Cn1cc(-c2cn3ncc(C#N)c3c(-c3ccc(N4CCCCC4)nc3)n2)cn1. The summed E-state index contributed by atoms with van der Waals surface area (Å²) >= 11 is 0. The lowest BCUT2D eigenvalue weighted by molar-refractivity contribution is 0.573. The van der Waals surface area contributed by atoms with Gasteiger partial charge in [0, 0.05) is 43.7 Å². The van der Waals surface area contributed by atoms with Gasteiger partial charge in [0.2, 0.25) is 0 Å². The molecule has 5 rings (SSSR count). The minimum atomic E-state index is 0.491. The molecule has 4 aromatic rings. The van der Waals surface area contributed by atoms with Gasteiger partial charge in [0.15, 0.2) is 0 Å². The highest BCUT2D eigenvalue weighted by atomic mass is 15.2. The number of nitriles is 1. The molecule has 0 spiro atoms. The maximum Gasteiger partial charge on any atom is 0.128 e. The monoisotopic (exact) mass is 415 g/mol. The minimum Gasteiger partial charge on any atom is -0.357 e. The third-order valence-electron chi connectivity index (χ3n) is 5.32. The van der Waals surface area contributed by atoms with Crippen LogP contribution in [0.15, 0.2) is 43.1 Å². The number of piperidine rings is 1. The van der Waals surface area contributed by atoms with Crippen LogP contribution in [0.5, 0.6) is 0 Å². The molecule has 0 unspecified atom stereocenters. The lowest BCUT2D eigenvalue weighted by Crippen LogP contribution is -2.29. The average molecular weight is 416 g/mol. The van der Waals surface area contributed by atoms with Crippen LogP contribution in [-0.2, 0) is 7.05 Å². The van der Waals surface area contributed by atoms with Crippen molar-refractivity contribution < 1.29 is 0 Å². The first-order chi connectivity index (χ1) is 15.2. The van der Waals surface area contributed by atoms with Gasteiger partial charge in [0.25, 0.3) is 0 Å². The van der Waals surface area contributed by atoms with Crippen LogP contribution in [0.3, 0.4) is 0 Å². The van der Waals surface area contributed by atoms with Crippen LogP contribution in [0.4, 0.5) is 5.82 Å². The highest BCUT2D eigenvalue weighted by Gasteiger charge is 2.17. The molecule has 0 saturated carbocycles. The van der Waals surface area contributed by atoms with Crippen molar-refractivity contribution in [1.82, 2.24) is 29.4 Å². The second-order valence-corrected chi connectivity index (χ2v) is 7.29. The molecule has 9 heteroatoms. The van der Waals surface area contributed by atoms with Crippen molar-refractivity contribution >= 4 is 11.3 Å². The molecule has 0 bridgehead atoms. The first-order valence-corrected chi connectivity index (χ1v) is 10.3. The summed E-state index contributed by atoms with van der Waals surface area (Å²) in [6, 6.07) is 6.29. The number of hydrogen-bond donors (Lipinski definition) is 1. The molecule has 0 aromatic carbocycles. The summed E-state index contributed by atoms with van der Waals surface area (Å²) in [5.41, 5.74) is 8.87. The van der Waals surface area contributed by atoms with E-state index in [4.69, 9.17) is 4.98 Å². The quantitative estimate of drug-likeness (QED) is 0.547. The molecular formula is C22H25N9. The molecule has 9 nitrogen and oxygen atoms in total. The molecule has 2 N–H and O–H groups in total. The fourth-order valence-electron chi connectivity index (χ4n) is 3.83. The summed E-state index contributed by atoms with van der Waals surface area (Å²) in [5, 5.41) is 18.1. The second-order valence-electron chi connectivity index (χ2n) is 7.29. The predicted molar refractivity (Wildman–Crippen MR) is 119 cm³/mol. The van der Waals surface area contributed by atoms with E-state index in [2.05, 4.69) is 31.9 Å². The maximum atomic E-state index is 9.53. The molecule has 31 heavy (non-hydrogen) atoms. The normalized spacial score (nSPS) is 13.5. The van der Waals surface area contributed by atoms with Crippen molar-refractivity contribution in [3.8, 4) is 28.6 Å². The van der Waals surface area contributed by atoms with Gasteiger partial charge in [-0.3, -0.25) is 4.68 Å². The molecule has 0 amide bonds. The average Bonchev–Trinajstić information content (AvgIpc) is 3.46. The summed E-state index contributed by atoms with van der Waals surface area (Å²) in [6.07, 6.45) is 12.6. The molecule has 5 heterocycles. The summed E-state index contributed by atoms with van der Waals surface area (Å²) in [4.78, 5) is 11.9. The molecule has 1 saturated heterocycles. The predicted octanol–water partition coefficient (Wildman–Crippen LogP) is 2.63. The van der Waals surface area contributed by atoms with E-state index in [0.717, 1.165) is 35.7 Å². The Labute approximate surface area is 180 Å². The van der Waals surface area contributed by atoms with Gasteiger partial charge in [0.1, 0.15) is 23.0 Å². The number of aromatic nitrogens is 6. The van der Waals surface area contributed by atoms with E-state index in [1.54, 1.807) is 21.6 Å². The summed E-state index contributed by atoms with van der Waals surface area (Å²) in [6.45, 7) is 2.10. The molecule has 1 aliphatic heterocycles. The fourth-order valence-corrected chi connectivity index (χ4v) is 3.83. The molecule has 0 radical (unpaired) electrons. The number of nitrogens with two attached hydrogens (primary N) is 1. The minimum absolute atomic E-state index is 0.491. The van der Waals surface area contributed by atoms with Gasteiger partial charge in [0.05, 0.1) is 30.0 Å². The number of hydrogen-bond acceptors (Lipinski definition) is 7. The Morgan fingerprint density at radius 3 is 2.42 bits per heavy atom. The third-order valence-corrected chi connectivity index (χ3v) is 5.32. The standard InChI is InChI=1S/C21H20N8.CH5N/c1-27-13-17(12-24-27)18-14-29-21(16(9-22)11-25-29)20(26-18)15-5-6-19(23-10-15)28-7-3-2-4-8-28;1-2/h5-6,10-14H,2-4,7-8H2,1H3;2H2,1H3. The zero-order chi connectivity index (χ0) is 21.8. The Bertz CT molecular complexity index is 1210. The van der Waals surface area contributed by atoms with E-state index in [1.165, 1.54) is 26.3 Å². The summed E-state index contributed by atoms with van der Waals surface area (Å²) in [5.74, 6) is 0.988. The van der Waals surface area contributed by atoms with Gasteiger partial charge in [-0.2, -0.15) is 15.5 Å². The maximum absolute atomic E-state index is 9.53. The molecular weight excluding hydrogens is 390 g/mol. The second kappa shape index (κ2) is 8.93. The van der Waals surface area contributed by atoms with E-state index >= 15 is 0 Å². The van der Waals surface area contributed by atoms with Crippen molar-refractivity contribution in [2.45, 2.75) is 19.3 Å². The van der Waals surface area contributed by atoms with Crippen molar-refractivity contribution in [2.24, 2.45) is 12.8 Å². The molecule has 0 aliphatic carbocycles. The Morgan fingerprint density at radius 1 is 0.968 bits per heavy atom. The van der Waals surface area contributed by atoms with Gasteiger partial charge in [-0.25, -0.2) is 14.5 Å². The van der Waals surface area contributed by atoms with Gasteiger partial charge < -0.3 is 10.6 Å². The Hall–Kier alpha value is -3.77. The lowest BCUT2D eigenvalue weighted by atomic mass is 10.1. The van der Waals surface area contributed by atoms with Crippen LogP contribution in [0, 0.1) is 11.3 Å². The van der Waals surface area contributed by atoms with Crippen LogP contribution in [0.2, 0.25) is 0 Å². The smallest absolute Gasteiger partial charge is 0.128 e. The fraction of sp³-hybridized carbons (Fsp3) is 0.318. The van der Waals surface area contributed by atoms with E-state index in [1.807, 2.05) is 37.8 Å². The number of rotatable bonds is 3. The van der Waals surface area contributed by atoms with E-state index in [0.29, 0.717) is 16.8 Å². The number of pyridine rings is 1. The van der Waals surface area contributed by atoms with E-state index in [-0.39, 0.29) is 0 Å². The Balaban J connectivity index is 0.00000112. The summed E-state index contributed by atoms with van der Waals surface area (Å²) < 4.78 is 3.45. The zero-order valence-electron chi connectivity index (χ0n) is 17.7. The van der Waals surface area contributed by atoms with Crippen LogP contribution in [0.1, 0.15) is 24.8 Å². The van der Waals surface area contributed by atoms with Crippen LogP contribution in [-0.4, -0.2) is 49.5 Å². The van der Waals surface area contributed by atoms with Gasteiger partial charge in [-0.15, -0.1) is 0 Å². The third kappa shape index (κ3) is 3.98. The first-order valence-electron chi connectivity index (χ1n) is 10.3. The zero-order valence-corrected chi connectivity index (χ0v) is 17.7. The van der Waals surface area contributed by atoms with E-state index in [9.17, 15) is 5.26 Å². The molecule has 4 aromatic heterocycles. The number of anilines is 1.